The normalized spacial score (nSPS) is 20.5. The fourth-order valence-corrected chi connectivity index (χ4v) is 5.97. The second kappa shape index (κ2) is 12.7. The number of alkyl halides is 5. The summed E-state index contributed by atoms with van der Waals surface area (Å²) in [5.74, 6) is -4.15. The molecule has 0 spiro atoms. The maximum absolute atomic E-state index is 13.6. The van der Waals surface area contributed by atoms with E-state index in [-0.39, 0.29) is 54.3 Å². The van der Waals surface area contributed by atoms with Gasteiger partial charge in [0.25, 0.3) is 5.91 Å². The number of nitrogens with zero attached hydrogens (tertiary/aromatic N) is 5. The molecule has 2 saturated carbocycles. The molecule has 0 aromatic carbocycles. The van der Waals surface area contributed by atoms with Gasteiger partial charge in [-0.3, -0.25) is 9.59 Å². The van der Waals surface area contributed by atoms with Crippen LogP contribution in [0.15, 0.2) is 23.1 Å². The standard InChI is InChI=1S/C30H36F5N7O5/c1-28(2,30(33,34)35)46-15-21(38-27(44)26-25(17-3-4-17)40-47-41-26)20-14-42-22(37-20)10-19(13-36-42)24(18-5-7-45-8-6-18)39-23(43)9-16-11-29(31,32)12-16/h10,13-14,16-18,21,24H,3-9,11-12,15H2,1-2H3,(H,38,44)(H,39,43)/t21-,24+/m0/s1. The Hall–Kier alpha value is -3.73. The van der Waals surface area contributed by atoms with Crippen molar-refractivity contribution in [3.05, 3.63) is 41.1 Å². The smallest absolute Gasteiger partial charge is 0.381 e. The summed E-state index contributed by atoms with van der Waals surface area (Å²) in [5.41, 5.74) is -1.11. The predicted molar refractivity (Wildman–Crippen MR) is 152 cm³/mol. The molecule has 1 saturated heterocycles. The molecule has 47 heavy (non-hydrogen) atoms. The number of carbonyl (C=O) groups excluding carboxylic acids is 2. The van der Waals surface area contributed by atoms with Gasteiger partial charge in [0, 0.05) is 38.4 Å². The highest BCUT2D eigenvalue weighted by molar-refractivity contribution is 5.93. The lowest BCUT2D eigenvalue weighted by molar-refractivity contribution is -0.265. The number of hydrogen-bond acceptors (Lipinski definition) is 9. The fourth-order valence-electron chi connectivity index (χ4n) is 5.97. The lowest BCUT2D eigenvalue weighted by Gasteiger charge is -2.35. The number of rotatable bonds is 12. The molecule has 2 amide bonds. The highest BCUT2D eigenvalue weighted by Gasteiger charge is 2.49. The zero-order valence-corrected chi connectivity index (χ0v) is 25.9. The first kappa shape index (κ1) is 33.2. The van der Waals surface area contributed by atoms with Crippen LogP contribution in [-0.4, -0.2) is 74.2 Å². The van der Waals surface area contributed by atoms with Crippen molar-refractivity contribution in [2.24, 2.45) is 11.8 Å². The van der Waals surface area contributed by atoms with Gasteiger partial charge in [0.05, 0.1) is 36.8 Å². The molecule has 4 heterocycles. The number of hydrogen-bond donors (Lipinski definition) is 2. The molecule has 12 nitrogen and oxygen atoms in total. The molecule has 3 fully saturated rings. The van der Waals surface area contributed by atoms with Crippen molar-refractivity contribution in [1.29, 1.82) is 0 Å². The maximum Gasteiger partial charge on any atom is 0.416 e. The van der Waals surface area contributed by atoms with Crippen LogP contribution in [0.3, 0.4) is 0 Å². The second-order valence-electron chi connectivity index (χ2n) is 13.2. The van der Waals surface area contributed by atoms with Gasteiger partial charge in [-0.1, -0.05) is 5.16 Å². The van der Waals surface area contributed by atoms with Gasteiger partial charge in [-0.15, -0.1) is 0 Å². The summed E-state index contributed by atoms with van der Waals surface area (Å²) in [7, 11) is 0. The van der Waals surface area contributed by atoms with Crippen LogP contribution >= 0.6 is 0 Å². The summed E-state index contributed by atoms with van der Waals surface area (Å²) >= 11 is 0. The Morgan fingerprint density at radius 1 is 1.11 bits per heavy atom. The Bertz CT molecular complexity index is 1590. The van der Waals surface area contributed by atoms with E-state index in [1.54, 1.807) is 12.3 Å². The zero-order valence-electron chi connectivity index (χ0n) is 25.9. The molecule has 2 aliphatic carbocycles. The number of amides is 2. The number of carbonyl (C=O) groups is 2. The SMILES string of the molecule is CC(C)(OC[C@H](NC(=O)c1nonc1C1CC1)c1cn2ncc([C@H](NC(=O)CC3CC(F)(F)C3)C3CCOCC3)cc2n1)C(F)(F)F. The zero-order chi connectivity index (χ0) is 33.6. The molecular weight excluding hydrogens is 633 g/mol. The Kier molecular flexibility index (Phi) is 8.97. The van der Waals surface area contributed by atoms with E-state index in [4.69, 9.17) is 14.1 Å². The van der Waals surface area contributed by atoms with E-state index < -0.39 is 42.3 Å². The number of nitrogens with one attached hydrogen (secondary N) is 2. The van der Waals surface area contributed by atoms with Crippen molar-refractivity contribution in [2.75, 3.05) is 19.8 Å². The summed E-state index contributed by atoms with van der Waals surface area (Å²) < 4.78 is 84.6. The molecule has 3 aromatic heterocycles. The quantitative estimate of drug-likeness (QED) is 0.259. The monoisotopic (exact) mass is 669 g/mol. The summed E-state index contributed by atoms with van der Waals surface area (Å²) in [6, 6.07) is 0.0433. The van der Waals surface area contributed by atoms with Crippen LogP contribution in [-0.2, 0) is 14.3 Å². The summed E-state index contributed by atoms with van der Waals surface area (Å²) in [6.45, 7) is 2.18. The molecule has 0 bridgehead atoms. The molecule has 17 heteroatoms. The van der Waals surface area contributed by atoms with Crippen molar-refractivity contribution < 1.29 is 45.6 Å². The van der Waals surface area contributed by atoms with E-state index in [1.807, 2.05) is 0 Å². The van der Waals surface area contributed by atoms with Crippen LogP contribution in [0.4, 0.5) is 22.0 Å². The van der Waals surface area contributed by atoms with E-state index in [2.05, 4.69) is 31.0 Å². The molecule has 0 radical (unpaired) electrons. The first-order valence-corrected chi connectivity index (χ1v) is 15.6. The van der Waals surface area contributed by atoms with Crippen LogP contribution < -0.4 is 10.6 Å². The van der Waals surface area contributed by atoms with E-state index in [0.717, 1.165) is 26.7 Å². The molecular formula is C30H36F5N7O5. The average molecular weight is 670 g/mol. The van der Waals surface area contributed by atoms with Crippen molar-refractivity contribution in [3.63, 3.8) is 0 Å². The first-order chi connectivity index (χ1) is 22.2. The molecule has 0 unspecified atom stereocenters. The van der Waals surface area contributed by atoms with Crippen LogP contribution in [0.25, 0.3) is 5.65 Å². The minimum absolute atomic E-state index is 0.0162. The highest BCUT2D eigenvalue weighted by atomic mass is 19.4. The van der Waals surface area contributed by atoms with E-state index >= 15 is 0 Å². The first-order valence-electron chi connectivity index (χ1n) is 15.6. The maximum atomic E-state index is 13.6. The van der Waals surface area contributed by atoms with Crippen molar-refractivity contribution >= 4 is 17.5 Å². The highest BCUT2D eigenvalue weighted by Crippen LogP contribution is 2.44. The van der Waals surface area contributed by atoms with Crippen molar-refractivity contribution in [2.45, 2.75) is 94.5 Å². The minimum atomic E-state index is -4.69. The molecule has 3 aliphatic rings. The van der Waals surface area contributed by atoms with E-state index in [9.17, 15) is 31.5 Å². The topological polar surface area (TPSA) is 146 Å². The lowest BCUT2D eigenvalue weighted by atomic mass is 9.79. The second-order valence-corrected chi connectivity index (χ2v) is 13.2. The third-order valence-corrected chi connectivity index (χ3v) is 9.07. The summed E-state index contributed by atoms with van der Waals surface area (Å²) in [5, 5.41) is 17.7. The van der Waals surface area contributed by atoms with Crippen LogP contribution in [0.1, 0.15) is 104 Å². The van der Waals surface area contributed by atoms with Gasteiger partial charge in [0.2, 0.25) is 11.8 Å². The summed E-state index contributed by atoms with van der Waals surface area (Å²) in [4.78, 5) is 30.8. The number of aromatic nitrogens is 5. The fraction of sp³-hybridized carbons (Fsp3) is 0.667. The minimum Gasteiger partial charge on any atom is -0.381 e. The van der Waals surface area contributed by atoms with Crippen molar-refractivity contribution in [1.82, 2.24) is 35.5 Å². The van der Waals surface area contributed by atoms with Crippen LogP contribution in [0, 0.1) is 11.8 Å². The number of fused-ring (bicyclic) bond motifs is 1. The third-order valence-electron chi connectivity index (χ3n) is 9.07. The Balaban J connectivity index is 1.25. The number of halogens is 5. The van der Waals surface area contributed by atoms with Gasteiger partial charge in [-0.2, -0.15) is 18.3 Å². The number of imidazole rings is 1. The van der Waals surface area contributed by atoms with Gasteiger partial charge < -0.3 is 20.1 Å². The molecule has 3 aromatic rings. The van der Waals surface area contributed by atoms with Gasteiger partial charge >= 0.3 is 6.18 Å². The lowest BCUT2D eigenvalue weighted by Crippen LogP contribution is -2.44. The Labute approximate surface area is 266 Å². The molecule has 6 rings (SSSR count). The number of ether oxygens (including phenoxy) is 2. The molecule has 2 atom stereocenters. The Morgan fingerprint density at radius 2 is 1.83 bits per heavy atom. The average Bonchev–Trinajstić information content (AvgIpc) is 3.56. The molecule has 256 valence electrons. The summed E-state index contributed by atoms with van der Waals surface area (Å²) in [6.07, 6.45) is 0.612. The Morgan fingerprint density at radius 3 is 2.49 bits per heavy atom. The molecule has 2 N–H and O–H groups in total. The third kappa shape index (κ3) is 7.55. The molecule has 1 aliphatic heterocycles. The van der Waals surface area contributed by atoms with E-state index in [0.29, 0.717) is 43.0 Å². The van der Waals surface area contributed by atoms with Crippen LogP contribution in [0.2, 0.25) is 0 Å². The largest absolute Gasteiger partial charge is 0.416 e. The van der Waals surface area contributed by atoms with Gasteiger partial charge in [0.15, 0.2) is 16.9 Å². The van der Waals surface area contributed by atoms with Gasteiger partial charge in [-0.05, 0) is 68.2 Å². The predicted octanol–water partition coefficient (Wildman–Crippen LogP) is 4.84. The van der Waals surface area contributed by atoms with Gasteiger partial charge in [-0.25, -0.2) is 22.9 Å². The van der Waals surface area contributed by atoms with Gasteiger partial charge in [0.1, 0.15) is 5.69 Å². The van der Waals surface area contributed by atoms with E-state index in [1.165, 1.54) is 10.7 Å². The van der Waals surface area contributed by atoms with Crippen molar-refractivity contribution in [3.8, 4) is 0 Å². The van der Waals surface area contributed by atoms with Crippen LogP contribution in [0.5, 0.6) is 0 Å².